The summed E-state index contributed by atoms with van der Waals surface area (Å²) in [4.78, 5) is 0. The average Bonchev–Trinajstić information content (AvgIpc) is 2.03. The van der Waals surface area contributed by atoms with Crippen molar-refractivity contribution in [3.05, 3.63) is 24.5 Å². The van der Waals surface area contributed by atoms with Gasteiger partial charge in [0, 0.05) is 0 Å². The SMILES string of the molecule is C=C(C)C(=C)OCCCCCC. The van der Waals surface area contributed by atoms with Gasteiger partial charge in [0.25, 0.3) is 0 Å². The molecular formula is C11H20O. The van der Waals surface area contributed by atoms with E-state index in [9.17, 15) is 0 Å². The van der Waals surface area contributed by atoms with Crippen LogP contribution in [0.1, 0.15) is 39.5 Å². The lowest BCUT2D eigenvalue weighted by Crippen LogP contribution is -1.94. The topological polar surface area (TPSA) is 9.23 Å². The summed E-state index contributed by atoms with van der Waals surface area (Å²) in [5.41, 5.74) is 0.922. The van der Waals surface area contributed by atoms with Crippen LogP contribution >= 0.6 is 0 Å². The monoisotopic (exact) mass is 168 g/mol. The first-order chi connectivity index (χ1) is 5.68. The summed E-state index contributed by atoms with van der Waals surface area (Å²) in [6.45, 7) is 12.4. The largest absolute Gasteiger partial charge is 0.494 e. The second-order valence-corrected chi connectivity index (χ2v) is 3.11. The van der Waals surface area contributed by atoms with E-state index in [1.54, 1.807) is 0 Å². The predicted molar refractivity (Wildman–Crippen MR) is 54.0 cm³/mol. The summed E-state index contributed by atoms with van der Waals surface area (Å²) in [5, 5.41) is 0. The molecule has 0 aromatic rings. The van der Waals surface area contributed by atoms with Crippen molar-refractivity contribution >= 4 is 0 Å². The molecule has 70 valence electrons. The number of rotatable bonds is 7. The summed E-state index contributed by atoms with van der Waals surface area (Å²) < 4.78 is 5.36. The van der Waals surface area contributed by atoms with Crippen molar-refractivity contribution in [2.75, 3.05) is 6.61 Å². The van der Waals surface area contributed by atoms with E-state index in [2.05, 4.69) is 20.1 Å². The molecule has 0 radical (unpaired) electrons. The highest BCUT2D eigenvalue weighted by Crippen LogP contribution is 2.07. The van der Waals surface area contributed by atoms with Gasteiger partial charge in [-0.2, -0.15) is 0 Å². The van der Waals surface area contributed by atoms with Crippen molar-refractivity contribution in [3.8, 4) is 0 Å². The Morgan fingerprint density at radius 2 is 1.83 bits per heavy atom. The van der Waals surface area contributed by atoms with Gasteiger partial charge in [0.05, 0.1) is 6.61 Å². The maximum atomic E-state index is 5.36. The van der Waals surface area contributed by atoms with Crippen LogP contribution in [0.4, 0.5) is 0 Å². The molecule has 0 rings (SSSR count). The lowest BCUT2D eigenvalue weighted by Gasteiger charge is -2.07. The molecule has 0 fully saturated rings. The molecule has 0 unspecified atom stereocenters. The Labute approximate surface area is 76.1 Å². The van der Waals surface area contributed by atoms with Crippen LogP contribution in [0.2, 0.25) is 0 Å². The number of unbranched alkanes of at least 4 members (excludes halogenated alkanes) is 3. The Hall–Kier alpha value is -0.720. The van der Waals surface area contributed by atoms with E-state index < -0.39 is 0 Å². The van der Waals surface area contributed by atoms with Crippen molar-refractivity contribution in [3.63, 3.8) is 0 Å². The number of hydrogen-bond donors (Lipinski definition) is 0. The molecule has 0 spiro atoms. The molecule has 1 heteroatoms. The van der Waals surface area contributed by atoms with E-state index in [0.717, 1.165) is 24.4 Å². The van der Waals surface area contributed by atoms with Crippen molar-refractivity contribution in [2.45, 2.75) is 39.5 Å². The quantitative estimate of drug-likeness (QED) is 0.320. The highest BCUT2D eigenvalue weighted by atomic mass is 16.5. The fraction of sp³-hybridized carbons (Fsp3) is 0.636. The fourth-order valence-corrected chi connectivity index (χ4v) is 0.847. The smallest absolute Gasteiger partial charge is 0.114 e. The van der Waals surface area contributed by atoms with Gasteiger partial charge in [-0.15, -0.1) is 0 Å². The van der Waals surface area contributed by atoms with Gasteiger partial charge in [0.15, 0.2) is 0 Å². The molecule has 0 aliphatic carbocycles. The number of allylic oxidation sites excluding steroid dienone is 1. The molecule has 0 aliphatic heterocycles. The third kappa shape index (κ3) is 6.02. The Morgan fingerprint density at radius 1 is 1.17 bits per heavy atom. The first kappa shape index (κ1) is 11.3. The average molecular weight is 168 g/mol. The van der Waals surface area contributed by atoms with E-state index in [1.165, 1.54) is 19.3 Å². The van der Waals surface area contributed by atoms with Gasteiger partial charge in [-0.25, -0.2) is 0 Å². The summed E-state index contributed by atoms with van der Waals surface area (Å²) in [7, 11) is 0. The zero-order chi connectivity index (χ0) is 9.40. The van der Waals surface area contributed by atoms with Crippen molar-refractivity contribution in [1.82, 2.24) is 0 Å². The van der Waals surface area contributed by atoms with Crippen LogP contribution < -0.4 is 0 Å². The molecule has 1 nitrogen and oxygen atoms in total. The van der Waals surface area contributed by atoms with Gasteiger partial charge in [-0.1, -0.05) is 39.3 Å². The van der Waals surface area contributed by atoms with Gasteiger partial charge >= 0.3 is 0 Å². The van der Waals surface area contributed by atoms with E-state index in [-0.39, 0.29) is 0 Å². The molecule has 0 saturated heterocycles. The van der Waals surface area contributed by atoms with Crippen LogP contribution in [0.15, 0.2) is 24.5 Å². The minimum atomic E-state index is 0.728. The predicted octanol–water partition coefficient (Wildman–Crippen LogP) is 3.67. The summed E-state index contributed by atoms with van der Waals surface area (Å²) in [6.07, 6.45) is 4.93. The van der Waals surface area contributed by atoms with Crippen molar-refractivity contribution in [2.24, 2.45) is 0 Å². The van der Waals surface area contributed by atoms with Gasteiger partial charge in [-0.3, -0.25) is 0 Å². The van der Waals surface area contributed by atoms with Gasteiger partial charge in [0.1, 0.15) is 5.76 Å². The molecular weight excluding hydrogens is 148 g/mol. The first-order valence-electron chi connectivity index (χ1n) is 4.66. The highest BCUT2D eigenvalue weighted by Gasteiger charge is 1.94. The summed E-state index contributed by atoms with van der Waals surface area (Å²) in [5.74, 6) is 0.728. The first-order valence-corrected chi connectivity index (χ1v) is 4.66. The van der Waals surface area contributed by atoms with Crippen LogP contribution in [0, 0.1) is 0 Å². The van der Waals surface area contributed by atoms with Gasteiger partial charge < -0.3 is 4.74 Å². The molecule has 0 atom stereocenters. The molecule has 0 amide bonds. The van der Waals surface area contributed by atoms with Crippen molar-refractivity contribution < 1.29 is 4.74 Å². The second-order valence-electron chi connectivity index (χ2n) is 3.11. The van der Waals surface area contributed by atoms with Crippen LogP contribution in [-0.2, 0) is 4.74 Å². The normalized spacial score (nSPS) is 9.50. The van der Waals surface area contributed by atoms with Gasteiger partial charge in [-0.05, 0) is 18.9 Å². The number of hydrogen-bond acceptors (Lipinski definition) is 1. The maximum Gasteiger partial charge on any atom is 0.114 e. The minimum absolute atomic E-state index is 0.728. The number of ether oxygens (including phenoxy) is 1. The minimum Gasteiger partial charge on any atom is -0.494 e. The second kappa shape index (κ2) is 6.96. The molecule has 0 N–H and O–H groups in total. The van der Waals surface area contributed by atoms with E-state index in [4.69, 9.17) is 4.74 Å². The Bertz CT molecular complexity index is 147. The Kier molecular flexibility index (Phi) is 6.54. The molecule has 0 heterocycles. The molecule has 0 saturated carbocycles. The van der Waals surface area contributed by atoms with Crippen molar-refractivity contribution in [1.29, 1.82) is 0 Å². The highest BCUT2D eigenvalue weighted by molar-refractivity contribution is 5.15. The lowest BCUT2D eigenvalue weighted by atomic mass is 10.2. The third-order valence-electron chi connectivity index (χ3n) is 1.75. The summed E-state index contributed by atoms with van der Waals surface area (Å²) in [6, 6.07) is 0. The third-order valence-corrected chi connectivity index (χ3v) is 1.75. The molecule has 0 aromatic heterocycles. The zero-order valence-corrected chi connectivity index (χ0v) is 8.36. The van der Waals surface area contributed by atoms with Gasteiger partial charge in [0.2, 0.25) is 0 Å². The van der Waals surface area contributed by atoms with E-state index >= 15 is 0 Å². The van der Waals surface area contributed by atoms with E-state index in [1.807, 2.05) is 6.92 Å². The van der Waals surface area contributed by atoms with Crippen LogP contribution in [-0.4, -0.2) is 6.61 Å². The molecule has 0 aromatic carbocycles. The van der Waals surface area contributed by atoms with Crippen LogP contribution in [0.25, 0.3) is 0 Å². The van der Waals surface area contributed by atoms with Crippen LogP contribution in [0.3, 0.4) is 0 Å². The molecule has 0 aliphatic rings. The fourth-order valence-electron chi connectivity index (χ4n) is 0.847. The lowest BCUT2D eigenvalue weighted by molar-refractivity contribution is 0.214. The standard InChI is InChI=1S/C11H20O/c1-5-6-7-8-9-12-11(4)10(2)3/h2,4-9H2,1,3H3. The van der Waals surface area contributed by atoms with E-state index in [0.29, 0.717) is 0 Å². The summed E-state index contributed by atoms with van der Waals surface area (Å²) >= 11 is 0. The zero-order valence-electron chi connectivity index (χ0n) is 8.36. The molecule has 12 heavy (non-hydrogen) atoms. The Balaban J connectivity index is 3.20. The van der Waals surface area contributed by atoms with Crippen LogP contribution in [0.5, 0.6) is 0 Å². The molecule has 0 bridgehead atoms. The maximum absolute atomic E-state index is 5.36. The Morgan fingerprint density at radius 3 is 2.33 bits per heavy atom.